The van der Waals surface area contributed by atoms with Crippen LogP contribution in [-0.2, 0) is 0 Å². The molecule has 2 rings (SSSR count). The van der Waals surface area contributed by atoms with Gasteiger partial charge in [0.25, 0.3) is 0 Å². The van der Waals surface area contributed by atoms with Gasteiger partial charge in [0, 0.05) is 0 Å². The number of nitrogens with zero attached hydrogens (tertiary/aromatic N) is 3. The van der Waals surface area contributed by atoms with Gasteiger partial charge in [0.15, 0.2) is 5.82 Å². The van der Waals surface area contributed by atoms with Gasteiger partial charge in [-0.3, -0.25) is 5.32 Å². The van der Waals surface area contributed by atoms with Crippen LogP contribution in [0.1, 0.15) is 43.3 Å². The van der Waals surface area contributed by atoms with E-state index in [1.165, 1.54) is 0 Å². The number of aromatic amines is 1. The molecule has 2 N–H and O–H groups in total. The van der Waals surface area contributed by atoms with Gasteiger partial charge in [-0.2, -0.15) is 5.21 Å². The van der Waals surface area contributed by atoms with Crippen molar-refractivity contribution in [2.75, 3.05) is 0 Å². The summed E-state index contributed by atoms with van der Waals surface area (Å²) in [7, 11) is 0. The summed E-state index contributed by atoms with van der Waals surface area (Å²) in [5, 5.41) is 17.2. The zero-order valence-electron chi connectivity index (χ0n) is 9.56. The predicted molar refractivity (Wildman–Crippen MR) is 57.6 cm³/mol. The maximum absolute atomic E-state index is 5.54. The Morgan fingerprint density at radius 2 is 2.12 bits per heavy atom. The minimum Gasteiger partial charge on any atom is -0.465 e. The zero-order valence-corrected chi connectivity index (χ0v) is 9.56. The molecule has 2 unspecified atom stereocenters. The van der Waals surface area contributed by atoms with E-state index in [-0.39, 0.29) is 12.1 Å². The lowest BCUT2D eigenvalue weighted by atomic mass is 10.2. The van der Waals surface area contributed by atoms with E-state index in [0.717, 1.165) is 11.5 Å². The van der Waals surface area contributed by atoms with Crippen LogP contribution in [0.15, 0.2) is 16.5 Å². The lowest BCUT2D eigenvalue weighted by Gasteiger charge is -2.15. The Morgan fingerprint density at radius 1 is 1.31 bits per heavy atom. The first-order valence-electron chi connectivity index (χ1n) is 5.22. The van der Waals surface area contributed by atoms with Gasteiger partial charge in [0.1, 0.15) is 11.5 Å². The summed E-state index contributed by atoms with van der Waals surface area (Å²) in [6.45, 7) is 5.95. The Kier molecular flexibility index (Phi) is 3.00. The van der Waals surface area contributed by atoms with Crippen LogP contribution in [0, 0.1) is 6.92 Å². The first-order chi connectivity index (χ1) is 7.66. The number of furan rings is 1. The summed E-state index contributed by atoms with van der Waals surface area (Å²) in [6.07, 6.45) is 0. The van der Waals surface area contributed by atoms with Crippen molar-refractivity contribution in [2.24, 2.45) is 0 Å². The van der Waals surface area contributed by atoms with E-state index in [4.69, 9.17) is 4.42 Å². The molecule has 0 saturated heterocycles. The summed E-state index contributed by atoms with van der Waals surface area (Å²) in [5.41, 5.74) is 0. The van der Waals surface area contributed by atoms with Crippen LogP contribution in [0.3, 0.4) is 0 Å². The molecule has 0 bridgehead atoms. The lowest BCUT2D eigenvalue weighted by molar-refractivity contribution is 0.387. The van der Waals surface area contributed by atoms with Crippen LogP contribution in [0.25, 0.3) is 0 Å². The van der Waals surface area contributed by atoms with Crippen LogP contribution in [-0.4, -0.2) is 20.6 Å². The monoisotopic (exact) mass is 221 g/mol. The van der Waals surface area contributed by atoms with E-state index < -0.39 is 0 Å². The van der Waals surface area contributed by atoms with Crippen molar-refractivity contribution in [3.05, 3.63) is 29.5 Å². The van der Waals surface area contributed by atoms with Crippen LogP contribution in [0.4, 0.5) is 0 Å². The topological polar surface area (TPSA) is 79.6 Å². The van der Waals surface area contributed by atoms with E-state index in [1.807, 2.05) is 32.9 Å². The van der Waals surface area contributed by atoms with Crippen LogP contribution < -0.4 is 5.32 Å². The molecule has 2 aromatic rings. The number of H-pyrrole nitrogens is 1. The number of nitrogens with one attached hydrogen (secondary N) is 2. The molecule has 6 heteroatoms. The Morgan fingerprint density at radius 3 is 2.69 bits per heavy atom. The van der Waals surface area contributed by atoms with E-state index in [1.54, 1.807) is 0 Å². The fraction of sp³-hybridized carbons (Fsp3) is 0.500. The lowest BCUT2D eigenvalue weighted by Crippen LogP contribution is -2.23. The molecule has 0 radical (unpaired) electrons. The Hall–Kier alpha value is -1.69. The molecule has 16 heavy (non-hydrogen) atoms. The van der Waals surface area contributed by atoms with Crippen LogP contribution >= 0.6 is 0 Å². The highest BCUT2D eigenvalue weighted by atomic mass is 16.3. The highest BCUT2D eigenvalue weighted by molar-refractivity contribution is 5.09. The summed E-state index contributed by atoms with van der Waals surface area (Å²) >= 11 is 0. The number of hydrogen-bond acceptors (Lipinski definition) is 5. The maximum atomic E-state index is 5.54. The molecule has 2 atom stereocenters. The predicted octanol–water partition coefficient (Wildman–Crippen LogP) is 1.51. The third-order valence-electron chi connectivity index (χ3n) is 2.44. The molecule has 0 spiro atoms. The Bertz CT molecular complexity index is 436. The summed E-state index contributed by atoms with van der Waals surface area (Å²) in [4.78, 5) is 0. The van der Waals surface area contributed by atoms with Crippen molar-refractivity contribution >= 4 is 0 Å². The highest BCUT2D eigenvalue weighted by Gasteiger charge is 2.16. The molecule has 0 fully saturated rings. The second-order valence-electron chi connectivity index (χ2n) is 3.83. The minimum atomic E-state index is 0.0270. The third kappa shape index (κ3) is 2.27. The number of rotatable bonds is 4. The van der Waals surface area contributed by atoms with Crippen LogP contribution in [0.2, 0.25) is 0 Å². The molecular formula is C10H15N5O. The molecule has 86 valence electrons. The second-order valence-corrected chi connectivity index (χ2v) is 3.83. The van der Waals surface area contributed by atoms with Gasteiger partial charge >= 0.3 is 0 Å². The maximum Gasteiger partial charge on any atom is 0.191 e. The quantitative estimate of drug-likeness (QED) is 0.818. The smallest absolute Gasteiger partial charge is 0.191 e. The fourth-order valence-electron chi connectivity index (χ4n) is 1.57. The highest BCUT2D eigenvalue weighted by Crippen LogP contribution is 2.18. The van der Waals surface area contributed by atoms with Gasteiger partial charge in [-0.1, -0.05) is 5.21 Å². The van der Waals surface area contributed by atoms with Gasteiger partial charge in [0.2, 0.25) is 0 Å². The molecule has 0 aliphatic heterocycles. The van der Waals surface area contributed by atoms with E-state index in [2.05, 4.69) is 25.9 Å². The average Bonchev–Trinajstić information content (AvgIpc) is 2.87. The van der Waals surface area contributed by atoms with Crippen LogP contribution in [0.5, 0.6) is 0 Å². The van der Waals surface area contributed by atoms with E-state index in [0.29, 0.717) is 5.82 Å². The molecule has 6 nitrogen and oxygen atoms in total. The average molecular weight is 221 g/mol. The summed E-state index contributed by atoms with van der Waals surface area (Å²) < 4.78 is 5.54. The molecule has 0 aliphatic carbocycles. The standard InChI is InChI=1S/C10H15N5O/c1-6-4-5-9(16-6)7(2)11-8(3)10-12-14-15-13-10/h4-5,7-8,11H,1-3H3,(H,12,13,14,15). The SMILES string of the molecule is Cc1ccc(C(C)NC(C)c2nn[nH]n2)o1. The van der Waals surface area contributed by atoms with E-state index >= 15 is 0 Å². The summed E-state index contributed by atoms with van der Waals surface area (Å²) in [6, 6.07) is 4.06. The van der Waals surface area contributed by atoms with Crippen molar-refractivity contribution < 1.29 is 4.42 Å². The van der Waals surface area contributed by atoms with Gasteiger partial charge in [-0.05, 0) is 32.9 Å². The Balaban J connectivity index is 2.00. The van der Waals surface area contributed by atoms with Gasteiger partial charge in [0.05, 0.1) is 12.1 Å². The Labute approximate surface area is 93.4 Å². The van der Waals surface area contributed by atoms with Crippen molar-refractivity contribution in [3.63, 3.8) is 0 Å². The first-order valence-corrected chi connectivity index (χ1v) is 5.22. The first kappa shape index (κ1) is 10.8. The molecular weight excluding hydrogens is 206 g/mol. The van der Waals surface area contributed by atoms with Gasteiger partial charge < -0.3 is 4.42 Å². The normalized spacial score (nSPS) is 14.9. The molecule has 0 aliphatic rings. The molecule has 0 saturated carbocycles. The van der Waals surface area contributed by atoms with Crippen molar-refractivity contribution in [1.29, 1.82) is 0 Å². The number of aryl methyl sites for hydroxylation is 1. The molecule has 2 aromatic heterocycles. The fourth-order valence-corrected chi connectivity index (χ4v) is 1.57. The third-order valence-corrected chi connectivity index (χ3v) is 2.44. The van der Waals surface area contributed by atoms with Gasteiger partial charge in [-0.25, -0.2) is 0 Å². The largest absolute Gasteiger partial charge is 0.465 e. The van der Waals surface area contributed by atoms with Gasteiger partial charge in [-0.15, -0.1) is 10.2 Å². The summed E-state index contributed by atoms with van der Waals surface area (Å²) in [5.74, 6) is 2.47. The number of hydrogen-bond donors (Lipinski definition) is 2. The van der Waals surface area contributed by atoms with Crippen molar-refractivity contribution in [3.8, 4) is 0 Å². The van der Waals surface area contributed by atoms with E-state index in [9.17, 15) is 0 Å². The van der Waals surface area contributed by atoms with Crippen molar-refractivity contribution in [2.45, 2.75) is 32.9 Å². The molecule has 0 aromatic carbocycles. The minimum absolute atomic E-state index is 0.0270. The van der Waals surface area contributed by atoms with Crippen molar-refractivity contribution in [1.82, 2.24) is 25.9 Å². The number of tetrazole rings is 1. The molecule has 0 amide bonds. The zero-order chi connectivity index (χ0) is 11.5. The molecule has 2 heterocycles. The number of aromatic nitrogens is 4. The second kappa shape index (κ2) is 4.44.